The second-order valence-corrected chi connectivity index (χ2v) is 7.61. The minimum atomic E-state index is -0.594. The molecule has 0 saturated heterocycles. The number of carbonyl (C=O) groups excluding carboxylic acids is 1. The zero-order valence-corrected chi connectivity index (χ0v) is 15.8. The smallest absolute Gasteiger partial charge is 0.426 e. The molecule has 0 unspecified atom stereocenters. The molecule has 0 aliphatic heterocycles. The maximum Gasteiger partial charge on any atom is 0.426 e. The van der Waals surface area contributed by atoms with Crippen LogP contribution in [0, 0.1) is 11.3 Å². The number of carbonyl (C=O) groups is 1. The molecule has 0 radical (unpaired) electrons. The van der Waals surface area contributed by atoms with Crippen molar-refractivity contribution >= 4 is 27.8 Å². The molecule has 1 amide bonds. The monoisotopic (exact) mass is 395 g/mol. The van der Waals surface area contributed by atoms with Gasteiger partial charge in [-0.3, -0.25) is 5.01 Å². The van der Waals surface area contributed by atoms with E-state index >= 15 is 0 Å². The van der Waals surface area contributed by atoms with E-state index in [-0.39, 0.29) is 11.9 Å². The highest BCUT2D eigenvalue weighted by atomic mass is 79.9. The molecule has 1 aromatic heterocycles. The Bertz CT molecular complexity index is 632. The molecule has 0 atom stereocenters. The number of nitriles is 1. The predicted molar refractivity (Wildman–Crippen MR) is 93.2 cm³/mol. The van der Waals surface area contributed by atoms with Gasteiger partial charge >= 0.3 is 6.09 Å². The van der Waals surface area contributed by atoms with Crippen molar-refractivity contribution in [2.45, 2.75) is 64.5 Å². The van der Waals surface area contributed by atoms with E-state index in [9.17, 15) is 4.79 Å². The number of hydrazine groups is 1. The second kappa shape index (κ2) is 7.79. The Morgan fingerprint density at radius 2 is 2.08 bits per heavy atom. The third kappa shape index (κ3) is 5.06. The number of aromatic nitrogens is 2. The van der Waals surface area contributed by atoms with Crippen LogP contribution in [0.2, 0.25) is 0 Å². The molecule has 7 nitrogen and oxygen atoms in total. The molecule has 24 heavy (non-hydrogen) atoms. The lowest BCUT2D eigenvalue weighted by atomic mass is 9.95. The van der Waals surface area contributed by atoms with Gasteiger partial charge in [0.25, 0.3) is 0 Å². The van der Waals surface area contributed by atoms with E-state index in [1.54, 1.807) is 5.01 Å². The lowest BCUT2D eigenvalue weighted by Gasteiger charge is -2.35. The van der Waals surface area contributed by atoms with E-state index in [4.69, 9.17) is 10.00 Å². The quantitative estimate of drug-likeness (QED) is 0.784. The molecule has 0 aromatic carbocycles. The first-order chi connectivity index (χ1) is 11.3. The van der Waals surface area contributed by atoms with Gasteiger partial charge in [-0.2, -0.15) is 10.2 Å². The highest BCUT2D eigenvalue weighted by Gasteiger charge is 2.28. The third-order valence-corrected chi connectivity index (χ3v) is 4.16. The molecule has 130 valence electrons. The standard InChI is InChI=1S/C16H22BrN5O2/c1-16(2,3)24-15(23)21-22(11-7-5-4-6-8-11)14-12(17)10-19-13(9-18)20-14/h10-11H,4-8H2,1-3H3,(H,21,23). The van der Waals surface area contributed by atoms with Gasteiger partial charge in [0, 0.05) is 6.20 Å². The topological polar surface area (TPSA) is 91.1 Å². The molecule has 8 heteroatoms. The maximum absolute atomic E-state index is 12.3. The lowest BCUT2D eigenvalue weighted by Crippen LogP contribution is -2.51. The van der Waals surface area contributed by atoms with Crippen LogP contribution in [-0.2, 0) is 4.74 Å². The summed E-state index contributed by atoms with van der Waals surface area (Å²) >= 11 is 3.41. The first-order valence-electron chi connectivity index (χ1n) is 8.01. The van der Waals surface area contributed by atoms with Gasteiger partial charge in [-0.25, -0.2) is 15.2 Å². The Hall–Kier alpha value is -1.88. The molecule has 0 bridgehead atoms. The molecular weight excluding hydrogens is 374 g/mol. The Morgan fingerprint density at radius 1 is 1.42 bits per heavy atom. The van der Waals surface area contributed by atoms with Crippen molar-refractivity contribution in [3.63, 3.8) is 0 Å². The fourth-order valence-electron chi connectivity index (χ4n) is 2.64. The van der Waals surface area contributed by atoms with E-state index < -0.39 is 11.7 Å². The van der Waals surface area contributed by atoms with Crippen LogP contribution >= 0.6 is 15.9 Å². The minimum absolute atomic E-state index is 0.0556. The Balaban J connectivity index is 2.29. The van der Waals surface area contributed by atoms with Gasteiger partial charge in [0.15, 0.2) is 5.82 Å². The molecule has 1 heterocycles. The van der Waals surface area contributed by atoms with E-state index in [2.05, 4.69) is 31.3 Å². The number of ether oxygens (including phenoxy) is 1. The highest BCUT2D eigenvalue weighted by molar-refractivity contribution is 9.10. The van der Waals surface area contributed by atoms with Gasteiger partial charge < -0.3 is 4.74 Å². The highest BCUT2D eigenvalue weighted by Crippen LogP contribution is 2.29. The Morgan fingerprint density at radius 3 is 2.67 bits per heavy atom. The molecule has 1 aliphatic rings. The van der Waals surface area contributed by atoms with Crippen molar-refractivity contribution in [3.8, 4) is 6.07 Å². The Kier molecular flexibility index (Phi) is 5.99. The van der Waals surface area contributed by atoms with Crippen molar-refractivity contribution in [1.82, 2.24) is 15.4 Å². The van der Waals surface area contributed by atoms with Crippen LogP contribution in [0.3, 0.4) is 0 Å². The third-order valence-electron chi connectivity index (χ3n) is 3.60. The number of hydrogen-bond acceptors (Lipinski definition) is 6. The molecule has 1 aromatic rings. The largest absolute Gasteiger partial charge is 0.443 e. The predicted octanol–water partition coefficient (Wildman–Crippen LogP) is 3.69. The molecule has 0 spiro atoms. The zero-order chi connectivity index (χ0) is 17.7. The average Bonchev–Trinajstić information content (AvgIpc) is 2.52. The van der Waals surface area contributed by atoms with Crippen LogP contribution in [0.25, 0.3) is 0 Å². The number of nitrogens with one attached hydrogen (secondary N) is 1. The number of halogens is 1. The van der Waals surface area contributed by atoms with Crippen molar-refractivity contribution in [2.24, 2.45) is 0 Å². The van der Waals surface area contributed by atoms with Crippen molar-refractivity contribution < 1.29 is 9.53 Å². The first kappa shape index (κ1) is 18.5. The van der Waals surface area contributed by atoms with Crippen molar-refractivity contribution in [2.75, 3.05) is 5.01 Å². The number of rotatable bonds is 3. The van der Waals surface area contributed by atoms with Gasteiger partial charge in [-0.05, 0) is 49.5 Å². The van der Waals surface area contributed by atoms with Crippen LogP contribution in [-0.4, -0.2) is 27.7 Å². The van der Waals surface area contributed by atoms with E-state index in [1.165, 1.54) is 12.6 Å². The summed E-state index contributed by atoms with van der Waals surface area (Å²) in [5.41, 5.74) is 2.20. The molecule has 1 aliphatic carbocycles. The van der Waals surface area contributed by atoms with Crippen LogP contribution in [0.15, 0.2) is 10.7 Å². The van der Waals surface area contributed by atoms with Gasteiger partial charge in [0.05, 0.1) is 10.5 Å². The summed E-state index contributed by atoms with van der Waals surface area (Å²) in [6.45, 7) is 5.43. The lowest BCUT2D eigenvalue weighted by molar-refractivity contribution is 0.0511. The number of nitrogens with zero attached hydrogens (tertiary/aromatic N) is 4. The SMILES string of the molecule is CC(C)(C)OC(=O)NN(c1nc(C#N)ncc1Br)C1CCCCC1. The van der Waals surface area contributed by atoms with Gasteiger partial charge in [-0.15, -0.1) is 0 Å². The fraction of sp³-hybridized carbons (Fsp3) is 0.625. The molecule has 2 rings (SSSR count). The number of amides is 1. The van der Waals surface area contributed by atoms with Crippen LogP contribution in [0.4, 0.5) is 10.6 Å². The van der Waals surface area contributed by atoms with Crippen molar-refractivity contribution in [3.05, 3.63) is 16.5 Å². The molecule has 1 fully saturated rings. The summed E-state index contributed by atoms with van der Waals surface area (Å²) in [5.74, 6) is 0.527. The molecular formula is C16H22BrN5O2. The summed E-state index contributed by atoms with van der Waals surface area (Å²) in [6.07, 6.45) is 6.22. The number of hydrogen-bond donors (Lipinski definition) is 1. The maximum atomic E-state index is 12.3. The summed E-state index contributed by atoms with van der Waals surface area (Å²) in [4.78, 5) is 20.4. The van der Waals surface area contributed by atoms with E-state index in [1.807, 2.05) is 26.8 Å². The zero-order valence-electron chi connectivity index (χ0n) is 14.2. The van der Waals surface area contributed by atoms with Crippen molar-refractivity contribution in [1.29, 1.82) is 5.26 Å². The van der Waals surface area contributed by atoms with Gasteiger partial charge in [0.2, 0.25) is 5.82 Å². The second-order valence-electron chi connectivity index (χ2n) is 6.75. The van der Waals surface area contributed by atoms with E-state index in [0.29, 0.717) is 10.3 Å². The van der Waals surface area contributed by atoms with Gasteiger partial charge in [0.1, 0.15) is 11.7 Å². The summed E-state index contributed by atoms with van der Waals surface area (Å²) < 4.78 is 5.98. The van der Waals surface area contributed by atoms with Crippen LogP contribution in [0.1, 0.15) is 58.7 Å². The minimum Gasteiger partial charge on any atom is -0.443 e. The summed E-state index contributed by atoms with van der Waals surface area (Å²) in [5, 5.41) is 10.8. The Labute approximate surface area is 150 Å². The molecule has 1 saturated carbocycles. The van der Waals surface area contributed by atoms with Crippen LogP contribution in [0.5, 0.6) is 0 Å². The van der Waals surface area contributed by atoms with Crippen LogP contribution < -0.4 is 10.4 Å². The first-order valence-corrected chi connectivity index (χ1v) is 8.81. The summed E-state index contributed by atoms with van der Waals surface area (Å²) in [7, 11) is 0. The molecule has 1 N–H and O–H groups in total. The normalized spacial score (nSPS) is 15.5. The fourth-order valence-corrected chi connectivity index (χ4v) is 3.02. The average molecular weight is 396 g/mol. The number of anilines is 1. The van der Waals surface area contributed by atoms with E-state index in [0.717, 1.165) is 25.7 Å². The summed E-state index contributed by atoms with van der Waals surface area (Å²) in [6, 6.07) is 2.03. The van der Waals surface area contributed by atoms with Gasteiger partial charge in [-0.1, -0.05) is 19.3 Å².